The van der Waals surface area contributed by atoms with Crippen LogP contribution in [0.25, 0.3) is 0 Å². The number of hydrogen-bond donors (Lipinski definition) is 2. The van der Waals surface area contributed by atoms with Crippen LogP contribution in [0.2, 0.25) is 0 Å². The molecule has 0 radical (unpaired) electrons. The van der Waals surface area contributed by atoms with Gasteiger partial charge < -0.3 is 11.1 Å². The fourth-order valence-electron chi connectivity index (χ4n) is 1.88. The van der Waals surface area contributed by atoms with Crippen LogP contribution in [-0.2, 0) is 9.59 Å². The van der Waals surface area contributed by atoms with Crippen LogP contribution >= 0.6 is 0 Å². The van der Waals surface area contributed by atoms with Gasteiger partial charge >= 0.3 is 0 Å². The third-order valence-electron chi connectivity index (χ3n) is 2.78. The summed E-state index contributed by atoms with van der Waals surface area (Å²) in [6.45, 7) is -0.192. The smallest absolute Gasteiger partial charge is 0.240 e. The van der Waals surface area contributed by atoms with Gasteiger partial charge in [0.05, 0.1) is 12.6 Å². The van der Waals surface area contributed by atoms with Crippen molar-refractivity contribution < 1.29 is 9.59 Å². The van der Waals surface area contributed by atoms with Gasteiger partial charge in [0.25, 0.3) is 0 Å². The molecule has 5 nitrogen and oxygen atoms in total. The van der Waals surface area contributed by atoms with E-state index in [0.29, 0.717) is 12.8 Å². The van der Waals surface area contributed by atoms with Crippen LogP contribution in [0.4, 0.5) is 0 Å². The predicted molar refractivity (Wildman–Crippen MR) is 53.3 cm³/mol. The van der Waals surface area contributed by atoms with Gasteiger partial charge in [-0.2, -0.15) is 5.26 Å². The fraction of sp³-hybridized carbons (Fsp3) is 0.700. The maximum Gasteiger partial charge on any atom is 0.240 e. The van der Waals surface area contributed by atoms with Gasteiger partial charge in [0, 0.05) is 0 Å². The Hall–Kier alpha value is -1.57. The summed E-state index contributed by atoms with van der Waals surface area (Å²) < 4.78 is 0. The molecule has 0 spiro atoms. The summed E-state index contributed by atoms with van der Waals surface area (Å²) in [5, 5.41) is 11.5. The number of nitriles is 1. The third kappa shape index (κ3) is 2.69. The Morgan fingerprint density at radius 3 is 2.40 bits per heavy atom. The Balaban J connectivity index is 2.61. The molecule has 0 atom stereocenters. The van der Waals surface area contributed by atoms with E-state index in [2.05, 4.69) is 11.4 Å². The third-order valence-corrected chi connectivity index (χ3v) is 2.78. The molecular formula is C10H15N3O2. The maximum atomic E-state index is 11.7. The number of rotatable bonds is 3. The van der Waals surface area contributed by atoms with Crippen molar-refractivity contribution in [3.05, 3.63) is 0 Å². The molecule has 1 aliphatic rings. The maximum absolute atomic E-state index is 11.7. The molecule has 0 saturated heterocycles. The zero-order valence-corrected chi connectivity index (χ0v) is 8.58. The molecule has 0 bridgehead atoms. The van der Waals surface area contributed by atoms with E-state index < -0.39 is 11.3 Å². The van der Waals surface area contributed by atoms with Crippen molar-refractivity contribution >= 4 is 11.8 Å². The van der Waals surface area contributed by atoms with Gasteiger partial charge in [-0.1, -0.05) is 19.3 Å². The number of carbonyl (C=O) groups is 2. The lowest BCUT2D eigenvalue weighted by atomic mass is 9.74. The number of hydrogen-bond acceptors (Lipinski definition) is 3. The van der Waals surface area contributed by atoms with Crippen molar-refractivity contribution in [3.63, 3.8) is 0 Å². The Bertz CT molecular complexity index is 300. The Morgan fingerprint density at radius 2 is 1.93 bits per heavy atom. The van der Waals surface area contributed by atoms with Crippen LogP contribution < -0.4 is 11.1 Å². The van der Waals surface area contributed by atoms with Gasteiger partial charge in [0.15, 0.2) is 0 Å². The molecule has 2 amide bonds. The summed E-state index contributed by atoms with van der Waals surface area (Å²) in [4.78, 5) is 22.2. The Kier molecular flexibility index (Phi) is 3.67. The van der Waals surface area contributed by atoms with Crippen molar-refractivity contribution in [2.45, 2.75) is 32.1 Å². The molecular weight excluding hydrogens is 194 g/mol. The van der Waals surface area contributed by atoms with E-state index in [9.17, 15) is 9.59 Å². The van der Waals surface area contributed by atoms with Gasteiger partial charge in [-0.15, -0.1) is 0 Å². The van der Waals surface area contributed by atoms with Crippen molar-refractivity contribution in [1.29, 1.82) is 5.26 Å². The molecule has 0 unspecified atom stereocenters. The van der Waals surface area contributed by atoms with Crippen LogP contribution in [0.3, 0.4) is 0 Å². The monoisotopic (exact) mass is 209 g/mol. The molecule has 0 aromatic rings. The summed E-state index contributed by atoms with van der Waals surface area (Å²) >= 11 is 0. The number of nitrogens with zero attached hydrogens (tertiary/aromatic N) is 1. The summed E-state index contributed by atoms with van der Waals surface area (Å²) in [5.41, 5.74) is 3.98. The number of primary amides is 1. The van der Waals surface area contributed by atoms with Crippen LogP contribution in [-0.4, -0.2) is 18.4 Å². The number of nitrogens with two attached hydrogens (primary N) is 1. The lowest BCUT2D eigenvalue weighted by Gasteiger charge is -2.28. The largest absolute Gasteiger partial charge is 0.368 e. The van der Waals surface area contributed by atoms with Crippen molar-refractivity contribution in [3.8, 4) is 6.07 Å². The van der Waals surface area contributed by atoms with E-state index in [0.717, 1.165) is 19.3 Å². The highest BCUT2D eigenvalue weighted by atomic mass is 16.2. The topological polar surface area (TPSA) is 96.0 Å². The minimum Gasteiger partial charge on any atom is -0.368 e. The van der Waals surface area contributed by atoms with E-state index in [4.69, 9.17) is 11.0 Å². The summed E-state index contributed by atoms with van der Waals surface area (Å²) in [7, 11) is 0. The van der Waals surface area contributed by atoms with Crippen LogP contribution in [0.15, 0.2) is 0 Å². The molecule has 0 aromatic carbocycles. The van der Waals surface area contributed by atoms with Crippen molar-refractivity contribution in [2.24, 2.45) is 11.1 Å². The zero-order chi connectivity index (χ0) is 11.3. The second-order valence-electron chi connectivity index (χ2n) is 3.90. The van der Waals surface area contributed by atoms with Crippen LogP contribution in [0.1, 0.15) is 32.1 Å². The van der Waals surface area contributed by atoms with Gasteiger partial charge in [0.1, 0.15) is 5.41 Å². The Morgan fingerprint density at radius 1 is 1.33 bits per heavy atom. The molecule has 1 rings (SSSR count). The first-order valence-electron chi connectivity index (χ1n) is 5.08. The van der Waals surface area contributed by atoms with E-state index in [1.165, 1.54) is 0 Å². The molecule has 1 saturated carbocycles. The van der Waals surface area contributed by atoms with Gasteiger partial charge in [-0.05, 0) is 12.8 Å². The zero-order valence-electron chi connectivity index (χ0n) is 8.58. The normalized spacial score (nSPS) is 18.9. The molecule has 15 heavy (non-hydrogen) atoms. The number of carbonyl (C=O) groups excluding carboxylic acids is 2. The van der Waals surface area contributed by atoms with Crippen LogP contribution in [0, 0.1) is 16.7 Å². The average molecular weight is 209 g/mol. The van der Waals surface area contributed by atoms with Gasteiger partial charge in [-0.3, -0.25) is 9.59 Å². The lowest BCUT2D eigenvalue weighted by Crippen LogP contribution is -2.44. The predicted octanol–water partition coefficient (Wildman–Crippen LogP) is 0.0620. The molecule has 3 N–H and O–H groups in total. The highest BCUT2D eigenvalue weighted by Crippen LogP contribution is 2.35. The average Bonchev–Trinajstić information content (AvgIpc) is 2.26. The van der Waals surface area contributed by atoms with E-state index in [-0.39, 0.29) is 12.5 Å². The van der Waals surface area contributed by atoms with E-state index >= 15 is 0 Å². The minimum absolute atomic E-state index is 0.192. The lowest BCUT2D eigenvalue weighted by molar-refractivity contribution is -0.131. The van der Waals surface area contributed by atoms with Crippen molar-refractivity contribution in [1.82, 2.24) is 5.32 Å². The highest BCUT2D eigenvalue weighted by molar-refractivity contribution is 5.89. The second kappa shape index (κ2) is 4.78. The summed E-state index contributed by atoms with van der Waals surface area (Å²) in [6, 6.07) is 2.08. The molecule has 1 aliphatic carbocycles. The minimum atomic E-state index is -0.937. The van der Waals surface area contributed by atoms with Gasteiger partial charge in [-0.25, -0.2) is 0 Å². The molecule has 5 heteroatoms. The first kappa shape index (κ1) is 11.5. The fourth-order valence-corrected chi connectivity index (χ4v) is 1.88. The SMILES string of the molecule is N#CC1(C(=O)NCC(N)=O)CCCCC1. The molecule has 1 fully saturated rings. The number of nitrogens with one attached hydrogen (secondary N) is 1. The van der Waals surface area contributed by atoms with E-state index in [1.54, 1.807) is 0 Å². The first-order valence-corrected chi connectivity index (χ1v) is 5.08. The highest BCUT2D eigenvalue weighted by Gasteiger charge is 2.39. The molecule has 0 heterocycles. The number of amides is 2. The standard InChI is InChI=1S/C10H15N3O2/c11-7-10(4-2-1-3-5-10)9(15)13-6-8(12)14/h1-6H2,(H2,12,14)(H,13,15). The van der Waals surface area contributed by atoms with Crippen LogP contribution in [0.5, 0.6) is 0 Å². The summed E-state index contributed by atoms with van der Waals surface area (Å²) in [6.07, 6.45) is 3.99. The first-order chi connectivity index (χ1) is 7.10. The van der Waals surface area contributed by atoms with Gasteiger partial charge in [0.2, 0.25) is 11.8 Å². The molecule has 0 aliphatic heterocycles. The van der Waals surface area contributed by atoms with Crippen molar-refractivity contribution in [2.75, 3.05) is 6.54 Å². The molecule has 0 aromatic heterocycles. The van der Waals surface area contributed by atoms with E-state index in [1.807, 2.05) is 0 Å². The Labute approximate surface area is 88.6 Å². The summed E-state index contributed by atoms with van der Waals surface area (Å²) in [5.74, 6) is -0.948. The molecule has 82 valence electrons. The second-order valence-corrected chi connectivity index (χ2v) is 3.90. The quantitative estimate of drug-likeness (QED) is 0.688.